The SMILES string of the molecule is CC(C)(C)c1cc2ccc3ccc(-c4ccc5c(c4)CCc4ccccc4-5)c4ccc(c1)c2c34. The standard InChI is InChI=1S/C34H28/c1-34(2,3)27-19-25-11-9-22-12-15-30(31-17-14-26(20-27)32(25)33(22)31)24-13-16-29-23(18-24)10-8-21-6-4-5-7-28(21)29/h4-7,9,11-20H,8,10H2,1-3H3. The molecular formula is C34H28. The molecule has 7 rings (SSSR count). The largest absolute Gasteiger partial charge is 0.0620 e. The van der Waals surface area contributed by atoms with E-state index in [1.807, 2.05) is 0 Å². The minimum Gasteiger partial charge on any atom is -0.0620 e. The average molecular weight is 437 g/mol. The van der Waals surface area contributed by atoms with Crippen molar-refractivity contribution >= 4 is 32.3 Å². The number of hydrogen-bond donors (Lipinski definition) is 0. The van der Waals surface area contributed by atoms with Gasteiger partial charge in [-0.15, -0.1) is 0 Å². The van der Waals surface area contributed by atoms with Gasteiger partial charge in [-0.3, -0.25) is 0 Å². The summed E-state index contributed by atoms with van der Waals surface area (Å²) in [7, 11) is 0. The van der Waals surface area contributed by atoms with Crippen LogP contribution in [0.15, 0.2) is 91.0 Å². The highest BCUT2D eigenvalue weighted by Crippen LogP contribution is 2.42. The summed E-state index contributed by atoms with van der Waals surface area (Å²) in [5.41, 5.74) is 9.94. The molecule has 164 valence electrons. The monoisotopic (exact) mass is 436 g/mol. The Morgan fingerprint density at radius 1 is 0.529 bits per heavy atom. The Balaban J connectivity index is 1.46. The molecule has 1 aliphatic carbocycles. The quantitative estimate of drug-likeness (QED) is 0.225. The second-order valence-electron chi connectivity index (χ2n) is 11.0. The van der Waals surface area contributed by atoms with Crippen LogP contribution in [0.2, 0.25) is 0 Å². The molecular weight excluding hydrogens is 408 g/mol. The molecule has 34 heavy (non-hydrogen) atoms. The Labute approximate surface area is 201 Å². The summed E-state index contributed by atoms with van der Waals surface area (Å²) >= 11 is 0. The van der Waals surface area contributed by atoms with Crippen LogP contribution in [0.1, 0.15) is 37.5 Å². The van der Waals surface area contributed by atoms with Crippen LogP contribution >= 0.6 is 0 Å². The van der Waals surface area contributed by atoms with Crippen molar-refractivity contribution in [1.82, 2.24) is 0 Å². The third-order valence-corrected chi connectivity index (χ3v) is 7.85. The maximum absolute atomic E-state index is 2.44. The zero-order chi connectivity index (χ0) is 23.0. The van der Waals surface area contributed by atoms with E-state index >= 15 is 0 Å². The van der Waals surface area contributed by atoms with Gasteiger partial charge < -0.3 is 0 Å². The van der Waals surface area contributed by atoms with Crippen molar-refractivity contribution in [3.8, 4) is 22.3 Å². The Hall–Kier alpha value is -3.64. The number of aryl methyl sites for hydroxylation is 2. The van der Waals surface area contributed by atoms with E-state index in [0.717, 1.165) is 12.8 Å². The topological polar surface area (TPSA) is 0 Å². The fourth-order valence-electron chi connectivity index (χ4n) is 6.01. The lowest BCUT2D eigenvalue weighted by atomic mass is 9.82. The molecule has 0 atom stereocenters. The molecule has 0 radical (unpaired) electrons. The van der Waals surface area contributed by atoms with Gasteiger partial charge in [0.05, 0.1) is 0 Å². The first-order valence-corrected chi connectivity index (χ1v) is 12.4. The van der Waals surface area contributed by atoms with Gasteiger partial charge in [0, 0.05) is 0 Å². The predicted octanol–water partition coefficient (Wildman–Crippen LogP) is 9.31. The Morgan fingerprint density at radius 3 is 2.00 bits per heavy atom. The van der Waals surface area contributed by atoms with Gasteiger partial charge in [-0.2, -0.15) is 0 Å². The lowest BCUT2D eigenvalue weighted by Crippen LogP contribution is -2.10. The van der Waals surface area contributed by atoms with E-state index in [2.05, 4.69) is 112 Å². The Bertz CT molecular complexity index is 1710. The molecule has 0 N–H and O–H groups in total. The van der Waals surface area contributed by atoms with Crippen LogP contribution in [0.3, 0.4) is 0 Å². The summed E-state index contributed by atoms with van der Waals surface area (Å²) in [5.74, 6) is 0. The Kier molecular flexibility index (Phi) is 4.04. The molecule has 1 aliphatic rings. The second kappa shape index (κ2) is 6.93. The molecule has 0 saturated carbocycles. The van der Waals surface area contributed by atoms with E-state index in [1.165, 1.54) is 71.3 Å². The first kappa shape index (κ1) is 19.8. The molecule has 0 aromatic heterocycles. The molecule has 0 amide bonds. The van der Waals surface area contributed by atoms with Gasteiger partial charge in [-0.05, 0) is 89.5 Å². The fraction of sp³-hybridized carbons (Fsp3) is 0.176. The summed E-state index contributed by atoms with van der Waals surface area (Å²) in [5, 5.41) is 8.18. The van der Waals surface area contributed by atoms with Crippen molar-refractivity contribution in [1.29, 1.82) is 0 Å². The molecule has 0 heterocycles. The van der Waals surface area contributed by atoms with E-state index in [9.17, 15) is 0 Å². The van der Waals surface area contributed by atoms with E-state index in [4.69, 9.17) is 0 Å². The van der Waals surface area contributed by atoms with Crippen LogP contribution in [0.5, 0.6) is 0 Å². The van der Waals surface area contributed by atoms with Crippen molar-refractivity contribution in [2.75, 3.05) is 0 Å². The van der Waals surface area contributed by atoms with Gasteiger partial charge in [0.25, 0.3) is 0 Å². The molecule has 0 unspecified atom stereocenters. The zero-order valence-corrected chi connectivity index (χ0v) is 20.1. The minimum atomic E-state index is 0.136. The molecule has 6 aromatic carbocycles. The Morgan fingerprint density at radius 2 is 1.18 bits per heavy atom. The number of rotatable bonds is 1. The van der Waals surface area contributed by atoms with Gasteiger partial charge in [0.2, 0.25) is 0 Å². The summed E-state index contributed by atoms with van der Waals surface area (Å²) in [6.45, 7) is 6.89. The van der Waals surface area contributed by atoms with E-state index in [-0.39, 0.29) is 5.41 Å². The number of hydrogen-bond acceptors (Lipinski definition) is 0. The van der Waals surface area contributed by atoms with Gasteiger partial charge in [-0.1, -0.05) is 112 Å². The highest BCUT2D eigenvalue weighted by Gasteiger charge is 2.19. The smallest absolute Gasteiger partial charge is 0.00206 e. The summed E-state index contributed by atoms with van der Waals surface area (Å²) < 4.78 is 0. The van der Waals surface area contributed by atoms with Crippen molar-refractivity contribution in [3.05, 3.63) is 108 Å². The first-order chi connectivity index (χ1) is 16.5. The van der Waals surface area contributed by atoms with Crippen LogP contribution < -0.4 is 0 Å². The zero-order valence-electron chi connectivity index (χ0n) is 20.1. The highest BCUT2D eigenvalue weighted by molar-refractivity contribution is 6.25. The predicted molar refractivity (Wildman–Crippen MR) is 147 cm³/mol. The highest BCUT2D eigenvalue weighted by atomic mass is 14.2. The van der Waals surface area contributed by atoms with Gasteiger partial charge in [0.15, 0.2) is 0 Å². The lowest BCUT2D eigenvalue weighted by Gasteiger charge is -2.22. The molecule has 6 aromatic rings. The third kappa shape index (κ3) is 2.85. The van der Waals surface area contributed by atoms with Crippen LogP contribution in [-0.2, 0) is 18.3 Å². The van der Waals surface area contributed by atoms with E-state index < -0.39 is 0 Å². The number of fused-ring (bicyclic) bond motifs is 3. The minimum absolute atomic E-state index is 0.136. The normalized spacial score (nSPS) is 13.5. The summed E-state index contributed by atoms with van der Waals surface area (Å²) in [6.07, 6.45) is 2.24. The first-order valence-electron chi connectivity index (χ1n) is 12.4. The summed E-state index contributed by atoms with van der Waals surface area (Å²) in [4.78, 5) is 0. The van der Waals surface area contributed by atoms with E-state index in [1.54, 1.807) is 0 Å². The van der Waals surface area contributed by atoms with Crippen LogP contribution in [0.4, 0.5) is 0 Å². The second-order valence-corrected chi connectivity index (χ2v) is 11.0. The van der Waals surface area contributed by atoms with Crippen LogP contribution in [0, 0.1) is 0 Å². The molecule has 0 spiro atoms. The van der Waals surface area contributed by atoms with Crippen LogP contribution in [0.25, 0.3) is 54.6 Å². The molecule has 0 nitrogen and oxygen atoms in total. The maximum Gasteiger partial charge on any atom is -0.00206 e. The maximum atomic E-state index is 2.44. The van der Waals surface area contributed by atoms with Crippen LogP contribution in [-0.4, -0.2) is 0 Å². The van der Waals surface area contributed by atoms with Crippen molar-refractivity contribution < 1.29 is 0 Å². The van der Waals surface area contributed by atoms with Crippen molar-refractivity contribution in [3.63, 3.8) is 0 Å². The van der Waals surface area contributed by atoms with Crippen molar-refractivity contribution in [2.24, 2.45) is 0 Å². The lowest BCUT2D eigenvalue weighted by molar-refractivity contribution is 0.591. The van der Waals surface area contributed by atoms with E-state index in [0.29, 0.717) is 0 Å². The molecule has 0 saturated heterocycles. The average Bonchev–Trinajstić information content (AvgIpc) is 2.86. The third-order valence-electron chi connectivity index (χ3n) is 7.85. The van der Waals surface area contributed by atoms with Gasteiger partial charge in [-0.25, -0.2) is 0 Å². The summed E-state index contributed by atoms with van der Waals surface area (Å²) in [6, 6.07) is 34.7. The fourth-order valence-corrected chi connectivity index (χ4v) is 6.01. The van der Waals surface area contributed by atoms with Gasteiger partial charge in [0.1, 0.15) is 0 Å². The molecule has 0 fully saturated rings. The molecule has 0 heteroatoms. The number of benzene rings is 6. The molecule has 0 aliphatic heterocycles. The molecule has 0 bridgehead atoms. The van der Waals surface area contributed by atoms with Gasteiger partial charge >= 0.3 is 0 Å². The van der Waals surface area contributed by atoms with Crippen molar-refractivity contribution in [2.45, 2.75) is 39.0 Å².